The van der Waals surface area contributed by atoms with Crippen LogP contribution in [0.15, 0.2) is 45.3 Å². The number of benzene rings is 2. The maximum absolute atomic E-state index is 12.0. The van der Waals surface area contributed by atoms with E-state index in [0.717, 1.165) is 39.5 Å². The molecular formula is C21H23Br2NO4. The minimum atomic E-state index is -0.779. The van der Waals surface area contributed by atoms with Gasteiger partial charge in [0.2, 0.25) is 0 Å². The Balaban J connectivity index is 2.16. The van der Waals surface area contributed by atoms with E-state index in [1.54, 1.807) is 14.2 Å². The third-order valence-electron chi connectivity index (χ3n) is 5.14. The number of hydrogen-bond acceptors (Lipinski definition) is 4. The molecule has 0 aromatic heterocycles. The molecule has 7 heteroatoms. The molecule has 150 valence electrons. The van der Waals surface area contributed by atoms with Crippen LogP contribution in [0, 0.1) is 0 Å². The fraction of sp³-hybridized carbons (Fsp3) is 0.381. The Morgan fingerprint density at radius 1 is 1.11 bits per heavy atom. The first-order valence-electron chi connectivity index (χ1n) is 9.11. The van der Waals surface area contributed by atoms with Crippen LogP contribution in [0.5, 0.6) is 11.5 Å². The number of carboxylic acids is 1. The minimum Gasteiger partial charge on any atom is -0.493 e. The Bertz CT molecular complexity index is 841. The van der Waals surface area contributed by atoms with Crippen LogP contribution < -0.4 is 9.47 Å². The van der Waals surface area contributed by atoms with Gasteiger partial charge in [-0.05, 0) is 54.8 Å². The molecule has 2 aromatic rings. The van der Waals surface area contributed by atoms with Crippen molar-refractivity contribution in [2.45, 2.75) is 31.3 Å². The van der Waals surface area contributed by atoms with E-state index < -0.39 is 12.0 Å². The molecule has 0 spiro atoms. The molecule has 0 amide bonds. The van der Waals surface area contributed by atoms with Crippen molar-refractivity contribution in [1.29, 1.82) is 0 Å². The summed E-state index contributed by atoms with van der Waals surface area (Å²) in [4.78, 5) is 14.1. The summed E-state index contributed by atoms with van der Waals surface area (Å²) in [5, 5.41) is 9.84. The lowest BCUT2D eigenvalue weighted by molar-refractivity contribution is -0.145. The molecule has 0 saturated carbocycles. The fourth-order valence-corrected chi connectivity index (χ4v) is 4.61. The average molecular weight is 513 g/mol. The molecule has 3 rings (SSSR count). The molecule has 28 heavy (non-hydrogen) atoms. The highest BCUT2D eigenvalue weighted by atomic mass is 79.9. The van der Waals surface area contributed by atoms with Crippen molar-refractivity contribution >= 4 is 37.8 Å². The van der Waals surface area contributed by atoms with Gasteiger partial charge in [-0.25, -0.2) is 0 Å². The summed E-state index contributed by atoms with van der Waals surface area (Å²) in [6, 6.07) is 11.1. The highest BCUT2D eigenvalue weighted by Crippen LogP contribution is 2.42. The van der Waals surface area contributed by atoms with Crippen molar-refractivity contribution < 1.29 is 19.4 Å². The zero-order valence-corrected chi connectivity index (χ0v) is 19.0. The lowest BCUT2D eigenvalue weighted by atomic mass is 9.91. The number of rotatable bonds is 6. The number of hydrogen-bond donors (Lipinski definition) is 1. The zero-order valence-electron chi connectivity index (χ0n) is 15.8. The smallest absolute Gasteiger partial charge is 0.320 e. The van der Waals surface area contributed by atoms with Gasteiger partial charge in [-0.3, -0.25) is 9.69 Å². The summed E-state index contributed by atoms with van der Waals surface area (Å²) in [6.07, 6.45) is 2.54. The molecule has 1 aliphatic heterocycles. The lowest BCUT2D eigenvalue weighted by Gasteiger charge is -2.40. The van der Waals surface area contributed by atoms with Gasteiger partial charge in [0.05, 0.1) is 20.3 Å². The van der Waals surface area contributed by atoms with Crippen molar-refractivity contribution in [3.05, 3.63) is 56.5 Å². The van der Waals surface area contributed by atoms with Gasteiger partial charge in [-0.1, -0.05) is 50.4 Å². The molecule has 5 nitrogen and oxygen atoms in total. The molecule has 1 heterocycles. The van der Waals surface area contributed by atoms with Crippen LogP contribution in [0.25, 0.3) is 0 Å². The first kappa shape index (κ1) is 21.1. The molecule has 0 aliphatic carbocycles. The summed E-state index contributed by atoms with van der Waals surface area (Å²) < 4.78 is 12.8. The second-order valence-corrected chi connectivity index (χ2v) is 8.54. The van der Waals surface area contributed by atoms with Crippen LogP contribution in [0.3, 0.4) is 0 Å². The number of carboxylic acid groups (broad SMARTS) is 1. The SMILES string of the molecule is COc1cc(Br)c(C(c2ccc(Br)cc2)N2CCCCC2C(=O)O)cc1OC. The van der Waals surface area contributed by atoms with Gasteiger partial charge >= 0.3 is 5.97 Å². The first-order chi connectivity index (χ1) is 13.5. The van der Waals surface area contributed by atoms with Gasteiger partial charge in [0, 0.05) is 8.95 Å². The fourth-order valence-electron chi connectivity index (χ4n) is 3.80. The molecule has 0 radical (unpaired) electrons. The maximum atomic E-state index is 12.0. The van der Waals surface area contributed by atoms with Crippen molar-refractivity contribution in [2.75, 3.05) is 20.8 Å². The molecule has 1 N–H and O–H groups in total. The summed E-state index contributed by atoms with van der Waals surface area (Å²) in [6.45, 7) is 0.721. The van der Waals surface area contributed by atoms with Crippen LogP contribution in [0.4, 0.5) is 0 Å². The van der Waals surface area contributed by atoms with Crippen molar-refractivity contribution in [2.24, 2.45) is 0 Å². The highest BCUT2D eigenvalue weighted by Gasteiger charge is 2.36. The number of ether oxygens (including phenoxy) is 2. The largest absolute Gasteiger partial charge is 0.493 e. The molecule has 0 bridgehead atoms. The summed E-state index contributed by atoms with van der Waals surface area (Å²) in [5.41, 5.74) is 1.98. The van der Waals surface area contributed by atoms with E-state index in [2.05, 4.69) is 36.8 Å². The molecule has 2 aromatic carbocycles. The van der Waals surface area contributed by atoms with Crippen LogP contribution in [-0.2, 0) is 4.79 Å². The van der Waals surface area contributed by atoms with Crippen molar-refractivity contribution in [3.8, 4) is 11.5 Å². The van der Waals surface area contributed by atoms with Crippen molar-refractivity contribution in [1.82, 2.24) is 4.90 Å². The molecule has 1 saturated heterocycles. The topological polar surface area (TPSA) is 59.0 Å². The average Bonchev–Trinajstić information content (AvgIpc) is 2.70. The molecule has 1 fully saturated rings. The number of methoxy groups -OCH3 is 2. The zero-order chi connectivity index (χ0) is 20.3. The minimum absolute atomic E-state index is 0.219. The summed E-state index contributed by atoms with van der Waals surface area (Å²) >= 11 is 7.15. The third-order valence-corrected chi connectivity index (χ3v) is 6.36. The van der Waals surface area contributed by atoms with E-state index in [1.165, 1.54) is 0 Å². The first-order valence-corrected chi connectivity index (χ1v) is 10.7. The third kappa shape index (κ3) is 4.36. The Morgan fingerprint density at radius 3 is 2.36 bits per heavy atom. The van der Waals surface area contributed by atoms with Crippen LogP contribution in [-0.4, -0.2) is 42.8 Å². The monoisotopic (exact) mass is 511 g/mol. The molecule has 2 unspecified atom stereocenters. The standard InChI is InChI=1S/C21H23Br2NO4/c1-27-18-11-15(16(23)12-19(18)28-2)20(13-6-8-14(22)9-7-13)24-10-4-3-5-17(24)21(25)26/h6-9,11-12,17,20H,3-5,10H2,1-2H3,(H,25,26). The van der Waals surface area contributed by atoms with Crippen LogP contribution in [0.1, 0.15) is 36.4 Å². The van der Waals surface area contributed by atoms with Gasteiger partial charge in [0.15, 0.2) is 11.5 Å². The van der Waals surface area contributed by atoms with E-state index in [-0.39, 0.29) is 6.04 Å². The second-order valence-electron chi connectivity index (χ2n) is 6.77. The Hall–Kier alpha value is -1.57. The number of carbonyl (C=O) groups is 1. The van der Waals surface area contributed by atoms with Gasteiger partial charge in [-0.2, -0.15) is 0 Å². The summed E-state index contributed by atoms with van der Waals surface area (Å²) in [5.74, 6) is 0.464. The molecular weight excluding hydrogens is 490 g/mol. The Morgan fingerprint density at radius 2 is 1.75 bits per heavy atom. The van der Waals surface area contributed by atoms with Crippen molar-refractivity contribution in [3.63, 3.8) is 0 Å². The second kappa shape index (κ2) is 9.29. The predicted octanol–water partition coefficient (Wildman–Crippen LogP) is 5.26. The molecule has 1 aliphatic rings. The number of halogens is 2. The van der Waals surface area contributed by atoms with E-state index in [0.29, 0.717) is 17.9 Å². The highest BCUT2D eigenvalue weighted by molar-refractivity contribution is 9.10. The Kier molecular flexibility index (Phi) is 7.01. The van der Waals surface area contributed by atoms with Gasteiger partial charge < -0.3 is 14.6 Å². The molecule has 2 atom stereocenters. The van der Waals surface area contributed by atoms with Gasteiger partial charge in [0.1, 0.15) is 6.04 Å². The number of aliphatic carboxylic acids is 1. The summed E-state index contributed by atoms with van der Waals surface area (Å²) in [7, 11) is 3.20. The number of nitrogens with zero attached hydrogens (tertiary/aromatic N) is 1. The Labute approximate surface area is 181 Å². The lowest BCUT2D eigenvalue weighted by Crippen LogP contribution is -2.46. The quantitative estimate of drug-likeness (QED) is 0.572. The number of piperidine rings is 1. The number of likely N-dealkylation sites (tertiary alicyclic amines) is 1. The van der Waals surface area contributed by atoms with E-state index >= 15 is 0 Å². The van der Waals surface area contributed by atoms with Crippen LogP contribution in [0.2, 0.25) is 0 Å². The van der Waals surface area contributed by atoms with Gasteiger partial charge in [-0.15, -0.1) is 0 Å². The van der Waals surface area contributed by atoms with E-state index in [1.807, 2.05) is 36.4 Å². The van der Waals surface area contributed by atoms with E-state index in [9.17, 15) is 9.90 Å². The van der Waals surface area contributed by atoms with E-state index in [4.69, 9.17) is 9.47 Å². The van der Waals surface area contributed by atoms with Crippen LogP contribution >= 0.6 is 31.9 Å². The predicted molar refractivity (Wildman–Crippen MR) is 115 cm³/mol. The van der Waals surface area contributed by atoms with Gasteiger partial charge in [0.25, 0.3) is 0 Å². The maximum Gasteiger partial charge on any atom is 0.320 e. The normalized spacial score (nSPS) is 18.5.